The normalized spacial score (nSPS) is 29.8. The predicted molar refractivity (Wildman–Crippen MR) is 63.4 cm³/mol. The second kappa shape index (κ2) is 4.31. The van der Waals surface area contributed by atoms with Crippen molar-refractivity contribution in [3.8, 4) is 0 Å². The van der Waals surface area contributed by atoms with Crippen LogP contribution in [-0.2, 0) is 9.59 Å². The minimum Gasteiger partial charge on any atom is -0.481 e. The molecule has 4 heteroatoms. The standard InChI is InChI=1S/C13H21NO3/c1-13(2)9(10(13)12(16)17)11(15)14-7-3-4-8-5-6-8/h8-10H,3-7H2,1-2H3,(H,14,15)(H,16,17)/t9-,10+/m1/s1. The SMILES string of the molecule is CC1(C)[C@H](C(=O)O)[C@@H]1C(=O)NCCCC1CC1. The maximum Gasteiger partial charge on any atom is 0.307 e. The zero-order valence-electron chi connectivity index (χ0n) is 10.5. The summed E-state index contributed by atoms with van der Waals surface area (Å²) < 4.78 is 0. The Hall–Kier alpha value is -1.06. The number of amides is 1. The molecule has 0 heterocycles. The summed E-state index contributed by atoms with van der Waals surface area (Å²) in [5, 5.41) is 11.8. The first-order valence-corrected chi connectivity index (χ1v) is 6.45. The maximum absolute atomic E-state index is 11.8. The summed E-state index contributed by atoms with van der Waals surface area (Å²) in [4.78, 5) is 22.8. The Kier molecular flexibility index (Phi) is 3.15. The van der Waals surface area contributed by atoms with E-state index in [2.05, 4.69) is 5.32 Å². The van der Waals surface area contributed by atoms with Crippen LogP contribution in [0, 0.1) is 23.2 Å². The van der Waals surface area contributed by atoms with Gasteiger partial charge < -0.3 is 10.4 Å². The van der Waals surface area contributed by atoms with Crippen LogP contribution in [0.4, 0.5) is 0 Å². The first-order valence-electron chi connectivity index (χ1n) is 6.45. The summed E-state index contributed by atoms with van der Waals surface area (Å²) >= 11 is 0. The minimum absolute atomic E-state index is 0.0850. The van der Waals surface area contributed by atoms with Gasteiger partial charge in [0, 0.05) is 6.54 Å². The van der Waals surface area contributed by atoms with Crippen molar-refractivity contribution in [2.45, 2.75) is 39.5 Å². The van der Waals surface area contributed by atoms with Gasteiger partial charge >= 0.3 is 5.97 Å². The maximum atomic E-state index is 11.8. The number of rotatable bonds is 6. The van der Waals surface area contributed by atoms with E-state index in [0.717, 1.165) is 12.3 Å². The number of carbonyl (C=O) groups excluding carboxylic acids is 1. The molecule has 0 bridgehead atoms. The van der Waals surface area contributed by atoms with Gasteiger partial charge in [0.25, 0.3) is 0 Å². The number of carboxylic acids is 1. The zero-order chi connectivity index (χ0) is 12.6. The van der Waals surface area contributed by atoms with E-state index in [1.165, 1.54) is 19.3 Å². The van der Waals surface area contributed by atoms with Gasteiger partial charge in [0.1, 0.15) is 0 Å². The van der Waals surface area contributed by atoms with Gasteiger partial charge in [-0.3, -0.25) is 9.59 Å². The van der Waals surface area contributed by atoms with E-state index < -0.39 is 11.9 Å². The highest BCUT2D eigenvalue weighted by molar-refractivity contribution is 5.91. The van der Waals surface area contributed by atoms with E-state index >= 15 is 0 Å². The Bertz CT molecular complexity index is 334. The van der Waals surface area contributed by atoms with Gasteiger partial charge in [0.2, 0.25) is 5.91 Å². The third kappa shape index (κ3) is 2.61. The molecule has 0 spiro atoms. The number of nitrogens with one attached hydrogen (secondary N) is 1. The molecule has 2 aliphatic rings. The summed E-state index contributed by atoms with van der Waals surface area (Å²) in [7, 11) is 0. The highest BCUT2D eigenvalue weighted by Gasteiger charge is 2.65. The molecular weight excluding hydrogens is 218 g/mol. The first kappa shape index (κ1) is 12.4. The molecule has 2 fully saturated rings. The average molecular weight is 239 g/mol. The van der Waals surface area contributed by atoms with Crippen molar-refractivity contribution in [3.63, 3.8) is 0 Å². The van der Waals surface area contributed by atoms with E-state index in [-0.39, 0.29) is 17.2 Å². The van der Waals surface area contributed by atoms with E-state index in [4.69, 9.17) is 5.11 Å². The van der Waals surface area contributed by atoms with Gasteiger partial charge in [-0.25, -0.2) is 0 Å². The lowest BCUT2D eigenvalue weighted by Gasteiger charge is -2.05. The fourth-order valence-electron chi connectivity index (χ4n) is 2.71. The third-order valence-corrected chi connectivity index (χ3v) is 4.16. The Morgan fingerprint density at radius 2 is 1.94 bits per heavy atom. The summed E-state index contributed by atoms with van der Waals surface area (Å²) in [5.74, 6) is -0.908. The summed E-state index contributed by atoms with van der Waals surface area (Å²) in [6.45, 7) is 4.38. The molecule has 2 saturated carbocycles. The van der Waals surface area contributed by atoms with Crippen molar-refractivity contribution in [2.24, 2.45) is 23.2 Å². The molecule has 0 saturated heterocycles. The largest absolute Gasteiger partial charge is 0.481 e. The topological polar surface area (TPSA) is 66.4 Å². The molecule has 2 rings (SSSR count). The molecule has 0 aromatic heterocycles. The quantitative estimate of drug-likeness (QED) is 0.693. The van der Waals surface area contributed by atoms with Gasteiger partial charge in [-0.1, -0.05) is 26.7 Å². The molecule has 1 amide bonds. The van der Waals surface area contributed by atoms with Crippen LogP contribution in [0.25, 0.3) is 0 Å². The average Bonchev–Trinajstić information content (AvgIpc) is 3.09. The van der Waals surface area contributed by atoms with Crippen molar-refractivity contribution < 1.29 is 14.7 Å². The molecule has 0 aromatic carbocycles. The lowest BCUT2D eigenvalue weighted by atomic mass is 10.1. The molecule has 17 heavy (non-hydrogen) atoms. The fraction of sp³-hybridized carbons (Fsp3) is 0.846. The highest BCUT2D eigenvalue weighted by atomic mass is 16.4. The van der Waals surface area contributed by atoms with Crippen LogP contribution in [0.1, 0.15) is 39.5 Å². The van der Waals surface area contributed by atoms with E-state index in [9.17, 15) is 9.59 Å². The molecule has 0 radical (unpaired) electrons. The fourth-order valence-corrected chi connectivity index (χ4v) is 2.71. The molecular formula is C13H21NO3. The van der Waals surface area contributed by atoms with Crippen LogP contribution in [0.3, 0.4) is 0 Å². The van der Waals surface area contributed by atoms with Crippen LogP contribution in [-0.4, -0.2) is 23.5 Å². The van der Waals surface area contributed by atoms with Gasteiger partial charge in [-0.2, -0.15) is 0 Å². The number of carboxylic acid groups (broad SMARTS) is 1. The Balaban J connectivity index is 1.70. The number of carbonyl (C=O) groups is 2. The van der Waals surface area contributed by atoms with E-state index in [1.807, 2.05) is 13.8 Å². The zero-order valence-corrected chi connectivity index (χ0v) is 10.5. The molecule has 96 valence electrons. The molecule has 2 aliphatic carbocycles. The van der Waals surface area contributed by atoms with Gasteiger partial charge in [0.15, 0.2) is 0 Å². The van der Waals surface area contributed by atoms with Crippen molar-refractivity contribution in [1.29, 1.82) is 0 Å². The molecule has 0 unspecified atom stereocenters. The molecule has 2 N–H and O–H groups in total. The van der Waals surface area contributed by atoms with Gasteiger partial charge in [-0.15, -0.1) is 0 Å². The van der Waals surface area contributed by atoms with Crippen molar-refractivity contribution >= 4 is 11.9 Å². The first-order chi connectivity index (χ1) is 7.94. The lowest BCUT2D eigenvalue weighted by molar-refractivity contribution is -0.140. The third-order valence-electron chi connectivity index (χ3n) is 4.16. The molecule has 0 aliphatic heterocycles. The van der Waals surface area contributed by atoms with Crippen LogP contribution < -0.4 is 5.32 Å². The Labute approximate surface area is 102 Å². The Morgan fingerprint density at radius 1 is 1.29 bits per heavy atom. The number of hydrogen-bond acceptors (Lipinski definition) is 2. The van der Waals surface area contributed by atoms with E-state index in [0.29, 0.717) is 6.54 Å². The van der Waals surface area contributed by atoms with Crippen LogP contribution in [0.15, 0.2) is 0 Å². The van der Waals surface area contributed by atoms with Gasteiger partial charge in [-0.05, 0) is 24.2 Å². The molecule has 0 aromatic rings. The van der Waals surface area contributed by atoms with Crippen molar-refractivity contribution in [3.05, 3.63) is 0 Å². The second-order valence-electron chi connectivity index (χ2n) is 5.99. The second-order valence-corrected chi connectivity index (χ2v) is 5.99. The minimum atomic E-state index is -0.854. The van der Waals surface area contributed by atoms with Crippen molar-refractivity contribution in [1.82, 2.24) is 5.32 Å². The van der Waals surface area contributed by atoms with E-state index in [1.54, 1.807) is 0 Å². The Morgan fingerprint density at radius 3 is 2.41 bits per heavy atom. The van der Waals surface area contributed by atoms with Crippen LogP contribution in [0.2, 0.25) is 0 Å². The lowest BCUT2D eigenvalue weighted by Crippen LogP contribution is -2.28. The van der Waals surface area contributed by atoms with Gasteiger partial charge in [0.05, 0.1) is 11.8 Å². The van der Waals surface area contributed by atoms with Crippen LogP contribution in [0.5, 0.6) is 0 Å². The summed E-state index contributed by atoms with van der Waals surface area (Å²) in [6, 6.07) is 0. The summed E-state index contributed by atoms with van der Waals surface area (Å²) in [6.07, 6.45) is 4.88. The predicted octanol–water partition coefficient (Wildman–Crippen LogP) is 1.65. The summed E-state index contributed by atoms with van der Waals surface area (Å²) in [5.41, 5.74) is -0.383. The number of aliphatic carboxylic acids is 1. The smallest absolute Gasteiger partial charge is 0.307 e. The number of hydrogen-bond donors (Lipinski definition) is 2. The highest BCUT2D eigenvalue weighted by Crippen LogP contribution is 2.58. The van der Waals surface area contributed by atoms with Crippen molar-refractivity contribution in [2.75, 3.05) is 6.54 Å². The molecule has 4 nitrogen and oxygen atoms in total. The molecule has 2 atom stereocenters. The van der Waals surface area contributed by atoms with Crippen LogP contribution >= 0.6 is 0 Å². The monoisotopic (exact) mass is 239 g/mol.